The van der Waals surface area contributed by atoms with E-state index in [2.05, 4.69) is 15.6 Å². The molecule has 0 bridgehead atoms. The Kier molecular flexibility index (Phi) is 6.67. The minimum absolute atomic E-state index is 0.0138. The molecule has 6 nitrogen and oxygen atoms in total. The van der Waals surface area contributed by atoms with Gasteiger partial charge in [0.25, 0.3) is 11.8 Å². The van der Waals surface area contributed by atoms with E-state index in [9.17, 15) is 9.59 Å². The number of hydrogen-bond donors (Lipinski definition) is 3. The smallest absolute Gasteiger partial charge is 0.267 e. The third-order valence-corrected chi connectivity index (χ3v) is 3.17. The van der Waals surface area contributed by atoms with Gasteiger partial charge in [0, 0.05) is 31.1 Å². The summed E-state index contributed by atoms with van der Waals surface area (Å²) in [7, 11) is 0. The zero-order valence-electron chi connectivity index (χ0n) is 13.1. The molecule has 0 spiro atoms. The van der Waals surface area contributed by atoms with Crippen LogP contribution in [0.5, 0.6) is 0 Å². The number of nitrogens with zero attached hydrogens (tertiary/aromatic N) is 1. The van der Waals surface area contributed by atoms with Crippen molar-refractivity contribution in [2.24, 2.45) is 0 Å². The van der Waals surface area contributed by atoms with E-state index in [-0.39, 0.29) is 18.2 Å². The molecule has 0 fully saturated rings. The highest BCUT2D eigenvalue weighted by Gasteiger charge is 2.14. The molecule has 0 saturated heterocycles. The summed E-state index contributed by atoms with van der Waals surface area (Å²) >= 11 is 0. The van der Waals surface area contributed by atoms with Crippen molar-refractivity contribution in [2.75, 3.05) is 13.2 Å². The molecule has 6 heteroatoms. The number of nitrogens with one attached hydrogen (secondary N) is 2. The van der Waals surface area contributed by atoms with E-state index < -0.39 is 5.91 Å². The molecular formula is C18H19N3O3. The van der Waals surface area contributed by atoms with Gasteiger partial charge in [-0.05, 0) is 42.3 Å². The van der Waals surface area contributed by atoms with Gasteiger partial charge in [-0.1, -0.05) is 18.2 Å². The van der Waals surface area contributed by atoms with E-state index in [4.69, 9.17) is 5.11 Å². The molecule has 24 heavy (non-hydrogen) atoms. The summed E-state index contributed by atoms with van der Waals surface area (Å²) in [6.07, 6.45) is 5.23. The van der Waals surface area contributed by atoms with Crippen LogP contribution in [-0.2, 0) is 4.79 Å². The maximum absolute atomic E-state index is 12.3. The molecule has 1 aromatic heterocycles. The second-order valence-electron chi connectivity index (χ2n) is 4.99. The van der Waals surface area contributed by atoms with Gasteiger partial charge in [-0.3, -0.25) is 14.6 Å². The van der Waals surface area contributed by atoms with Crippen LogP contribution in [0.4, 0.5) is 0 Å². The number of rotatable bonds is 7. The third-order valence-electron chi connectivity index (χ3n) is 3.17. The van der Waals surface area contributed by atoms with Crippen molar-refractivity contribution >= 4 is 17.9 Å². The monoisotopic (exact) mass is 325 g/mol. The zero-order valence-corrected chi connectivity index (χ0v) is 13.1. The van der Waals surface area contributed by atoms with Crippen LogP contribution >= 0.6 is 0 Å². The first-order valence-electron chi connectivity index (χ1n) is 7.58. The molecular weight excluding hydrogens is 306 g/mol. The summed E-state index contributed by atoms with van der Waals surface area (Å²) in [4.78, 5) is 28.5. The molecule has 0 aliphatic heterocycles. The van der Waals surface area contributed by atoms with Gasteiger partial charge in [0.05, 0.1) is 0 Å². The molecule has 1 heterocycles. The first-order chi connectivity index (χ1) is 11.7. The molecule has 3 N–H and O–H groups in total. The number of carbonyl (C=O) groups is 2. The van der Waals surface area contributed by atoms with E-state index in [1.165, 1.54) is 0 Å². The van der Waals surface area contributed by atoms with Gasteiger partial charge < -0.3 is 15.7 Å². The molecule has 0 unspecified atom stereocenters. The molecule has 2 rings (SSSR count). The van der Waals surface area contributed by atoms with E-state index >= 15 is 0 Å². The van der Waals surface area contributed by atoms with E-state index in [0.717, 1.165) is 5.56 Å². The molecule has 2 amide bonds. The predicted molar refractivity (Wildman–Crippen MR) is 90.8 cm³/mol. The van der Waals surface area contributed by atoms with Crippen molar-refractivity contribution in [3.63, 3.8) is 0 Å². The van der Waals surface area contributed by atoms with Crippen LogP contribution in [0.15, 0.2) is 60.6 Å². The molecule has 0 aliphatic carbocycles. The Morgan fingerprint density at radius 2 is 1.79 bits per heavy atom. The van der Waals surface area contributed by atoms with Gasteiger partial charge in [-0.25, -0.2) is 0 Å². The summed E-state index contributed by atoms with van der Waals surface area (Å²) in [6.45, 7) is 0.310. The Morgan fingerprint density at radius 3 is 2.46 bits per heavy atom. The first-order valence-corrected chi connectivity index (χ1v) is 7.58. The maximum Gasteiger partial charge on any atom is 0.267 e. The number of hydrogen-bond acceptors (Lipinski definition) is 4. The van der Waals surface area contributed by atoms with Crippen LogP contribution in [0.1, 0.15) is 22.3 Å². The lowest BCUT2D eigenvalue weighted by molar-refractivity contribution is -0.117. The van der Waals surface area contributed by atoms with Crippen LogP contribution in [0.25, 0.3) is 6.08 Å². The van der Waals surface area contributed by atoms with Crippen LogP contribution in [-0.4, -0.2) is 35.1 Å². The van der Waals surface area contributed by atoms with E-state index in [0.29, 0.717) is 18.5 Å². The number of aromatic nitrogens is 1. The van der Waals surface area contributed by atoms with Crippen molar-refractivity contribution in [3.8, 4) is 0 Å². The number of aliphatic hydroxyl groups is 1. The average Bonchev–Trinajstić information content (AvgIpc) is 2.63. The standard InChI is InChI=1S/C18H19N3O3/c22-12-4-9-20-18(24)16(13-14-7-10-19-11-8-14)21-17(23)15-5-2-1-3-6-15/h1-3,5-8,10-11,13,22H,4,9,12H2,(H,20,24)(H,21,23). The van der Waals surface area contributed by atoms with Crippen LogP contribution in [0.2, 0.25) is 0 Å². The molecule has 124 valence electrons. The Bertz CT molecular complexity index is 700. The number of pyridine rings is 1. The second-order valence-corrected chi connectivity index (χ2v) is 4.99. The van der Waals surface area contributed by atoms with Crippen molar-refractivity contribution in [1.29, 1.82) is 0 Å². The second kappa shape index (κ2) is 9.22. The van der Waals surface area contributed by atoms with Crippen molar-refractivity contribution in [1.82, 2.24) is 15.6 Å². The van der Waals surface area contributed by atoms with E-state index in [1.807, 2.05) is 6.07 Å². The SMILES string of the molecule is O=C(NCCCO)C(=Cc1ccncc1)NC(=O)c1ccccc1. The van der Waals surface area contributed by atoms with E-state index in [1.54, 1.807) is 54.9 Å². The summed E-state index contributed by atoms with van der Waals surface area (Å²) in [5.74, 6) is -0.780. The maximum atomic E-state index is 12.3. The van der Waals surface area contributed by atoms with Crippen LogP contribution < -0.4 is 10.6 Å². The molecule has 0 atom stereocenters. The number of aliphatic hydroxyl groups excluding tert-OH is 1. The topological polar surface area (TPSA) is 91.3 Å². The number of carbonyl (C=O) groups excluding carboxylic acids is 2. The Balaban J connectivity index is 2.17. The summed E-state index contributed by atoms with van der Waals surface area (Å²) in [5.41, 5.74) is 1.33. The fourth-order valence-electron chi connectivity index (χ4n) is 1.94. The predicted octanol–water partition coefficient (Wildman–Crippen LogP) is 1.35. The largest absolute Gasteiger partial charge is 0.396 e. The minimum Gasteiger partial charge on any atom is -0.396 e. The molecule has 0 aliphatic rings. The van der Waals surface area contributed by atoms with Crippen LogP contribution in [0, 0.1) is 0 Å². The van der Waals surface area contributed by atoms with Gasteiger partial charge in [-0.15, -0.1) is 0 Å². The van der Waals surface area contributed by atoms with Crippen molar-refractivity contribution in [3.05, 3.63) is 71.7 Å². The van der Waals surface area contributed by atoms with Crippen molar-refractivity contribution < 1.29 is 14.7 Å². The lowest BCUT2D eigenvalue weighted by atomic mass is 10.2. The molecule has 1 aromatic carbocycles. The highest BCUT2D eigenvalue weighted by atomic mass is 16.3. The molecule has 2 aromatic rings. The lowest BCUT2D eigenvalue weighted by Gasteiger charge is -2.11. The van der Waals surface area contributed by atoms with Gasteiger partial charge in [0.2, 0.25) is 0 Å². The normalized spacial score (nSPS) is 11.0. The van der Waals surface area contributed by atoms with Gasteiger partial charge in [-0.2, -0.15) is 0 Å². The van der Waals surface area contributed by atoms with Crippen LogP contribution in [0.3, 0.4) is 0 Å². The number of amides is 2. The fraction of sp³-hybridized carbons (Fsp3) is 0.167. The summed E-state index contributed by atoms with van der Waals surface area (Å²) in [5, 5.41) is 14.1. The third kappa shape index (κ3) is 5.33. The zero-order chi connectivity index (χ0) is 17.2. The fourth-order valence-corrected chi connectivity index (χ4v) is 1.94. The lowest BCUT2D eigenvalue weighted by Crippen LogP contribution is -2.35. The Hall–Kier alpha value is -2.99. The first kappa shape index (κ1) is 17.4. The highest BCUT2D eigenvalue weighted by molar-refractivity contribution is 6.05. The molecule has 0 saturated carbocycles. The van der Waals surface area contributed by atoms with Gasteiger partial charge in [0.15, 0.2) is 0 Å². The average molecular weight is 325 g/mol. The van der Waals surface area contributed by atoms with Crippen molar-refractivity contribution in [2.45, 2.75) is 6.42 Å². The summed E-state index contributed by atoms with van der Waals surface area (Å²) < 4.78 is 0. The van der Waals surface area contributed by atoms with Gasteiger partial charge >= 0.3 is 0 Å². The molecule has 0 radical (unpaired) electrons. The Morgan fingerprint density at radius 1 is 1.08 bits per heavy atom. The minimum atomic E-state index is -0.412. The summed E-state index contributed by atoms with van der Waals surface area (Å²) in [6, 6.07) is 12.1. The highest BCUT2D eigenvalue weighted by Crippen LogP contribution is 2.06. The quantitative estimate of drug-likeness (QED) is 0.529. The van der Waals surface area contributed by atoms with Gasteiger partial charge in [0.1, 0.15) is 5.70 Å². The number of benzene rings is 1. The Labute approximate surface area is 140 Å².